The highest BCUT2D eigenvalue weighted by Gasteiger charge is 2.19. The van der Waals surface area contributed by atoms with Gasteiger partial charge in [-0.1, -0.05) is 0 Å². The van der Waals surface area contributed by atoms with Crippen LogP contribution in [0.2, 0.25) is 0 Å². The minimum absolute atomic E-state index is 0.0103. The maximum atomic E-state index is 12.4. The Labute approximate surface area is 110 Å². The number of halogens is 2. The largest absolute Gasteiger partial charge is 0.619 e. The first-order chi connectivity index (χ1) is 9.60. The average molecular weight is 279 g/mol. The van der Waals surface area contributed by atoms with Gasteiger partial charge < -0.3 is 14.4 Å². The van der Waals surface area contributed by atoms with E-state index >= 15 is 0 Å². The van der Waals surface area contributed by atoms with E-state index < -0.39 is 6.61 Å². The van der Waals surface area contributed by atoms with Crippen LogP contribution in [0.15, 0.2) is 35.0 Å². The van der Waals surface area contributed by atoms with Crippen LogP contribution in [0.1, 0.15) is 10.4 Å². The lowest BCUT2D eigenvalue weighted by molar-refractivity contribution is -0.603. The SMILES string of the molecule is O=Cc1ccc(OC(F)F)c2oc3cc[n+]([O-])cc3c12. The zero-order valence-corrected chi connectivity index (χ0v) is 9.88. The molecule has 2 aromatic heterocycles. The summed E-state index contributed by atoms with van der Waals surface area (Å²) >= 11 is 0. The maximum Gasteiger partial charge on any atom is 0.387 e. The van der Waals surface area contributed by atoms with Crippen molar-refractivity contribution in [3.63, 3.8) is 0 Å². The number of nitrogens with zero attached hydrogens (tertiary/aromatic N) is 1. The predicted octanol–water partition coefficient (Wildman–Crippen LogP) is 2.63. The smallest absolute Gasteiger partial charge is 0.387 e. The zero-order valence-electron chi connectivity index (χ0n) is 9.88. The van der Waals surface area contributed by atoms with E-state index in [1.807, 2.05) is 0 Å². The molecule has 0 radical (unpaired) electrons. The highest BCUT2D eigenvalue weighted by Crippen LogP contribution is 2.36. The molecular formula is C13H7F2NO4. The molecule has 0 unspecified atom stereocenters. The first-order valence-corrected chi connectivity index (χ1v) is 5.58. The Morgan fingerprint density at radius 2 is 2.15 bits per heavy atom. The number of furan rings is 1. The van der Waals surface area contributed by atoms with Crippen molar-refractivity contribution in [2.45, 2.75) is 6.61 Å². The van der Waals surface area contributed by atoms with Crippen molar-refractivity contribution in [2.24, 2.45) is 0 Å². The van der Waals surface area contributed by atoms with Crippen molar-refractivity contribution < 1.29 is 27.5 Å². The van der Waals surface area contributed by atoms with E-state index in [0.29, 0.717) is 22.0 Å². The molecular weight excluding hydrogens is 272 g/mol. The third-order valence-corrected chi connectivity index (χ3v) is 2.87. The number of ether oxygens (including phenoxy) is 1. The zero-order chi connectivity index (χ0) is 14.3. The van der Waals surface area contributed by atoms with Crippen molar-refractivity contribution in [1.29, 1.82) is 0 Å². The van der Waals surface area contributed by atoms with Gasteiger partial charge in [-0.15, -0.1) is 0 Å². The minimum atomic E-state index is -3.02. The third-order valence-electron chi connectivity index (χ3n) is 2.87. The predicted molar refractivity (Wildman–Crippen MR) is 64.7 cm³/mol. The van der Waals surface area contributed by atoms with Gasteiger partial charge in [0, 0.05) is 17.0 Å². The molecule has 0 spiro atoms. The van der Waals surface area contributed by atoms with Crippen LogP contribution in [0.3, 0.4) is 0 Å². The van der Waals surface area contributed by atoms with Crippen LogP contribution in [0.4, 0.5) is 8.78 Å². The van der Waals surface area contributed by atoms with Gasteiger partial charge in [0.2, 0.25) is 0 Å². The molecule has 0 amide bonds. The summed E-state index contributed by atoms with van der Waals surface area (Å²) in [4.78, 5) is 11.1. The fraction of sp³-hybridized carbons (Fsp3) is 0.0769. The highest BCUT2D eigenvalue weighted by atomic mass is 19.3. The number of hydrogen-bond acceptors (Lipinski definition) is 4. The number of aldehydes is 1. The molecule has 0 aliphatic carbocycles. The van der Waals surface area contributed by atoms with Crippen LogP contribution in [0.5, 0.6) is 5.75 Å². The average Bonchev–Trinajstić information content (AvgIpc) is 2.78. The maximum absolute atomic E-state index is 12.4. The molecule has 1 aromatic carbocycles. The normalized spacial score (nSPS) is 11.3. The van der Waals surface area contributed by atoms with Crippen molar-refractivity contribution in [2.75, 3.05) is 0 Å². The second-order valence-electron chi connectivity index (χ2n) is 4.04. The summed E-state index contributed by atoms with van der Waals surface area (Å²) in [6, 6.07) is 3.96. The monoisotopic (exact) mass is 279 g/mol. The molecule has 0 saturated heterocycles. The van der Waals surface area contributed by atoms with Crippen LogP contribution >= 0.6 is 0 Å². The second kappa shape index (κ2) is 4.44. The van der Waals surface area contributed by atoms with Gasteiger partial charge in [0.05, 0.1) is 5.39 Å². The van der Waals surface area contributed by atoms with Crippen molar-refractivity contribution in [1.82, 2.24) is 0 Å². The first kappa shape index (κ1) is 12.3. The fourth-order valence-corrected chi connectivity index (χ4v) is 2.10. The molecule has 0 aliphatic heterocycles. The Bertz CT molecular complexity index is 813. The lowest BCUT2D eigenvalue weighted by Crippen LogP contribution is -2.23. The van der Waals surface area contributed by atoms with E-state index in [-0.39, 0.29) is 22.3 Å². The number of rotatable bonds is 3. The van der Waals surface area contributed by atoms with Crippen LogP contribution in [-0.4, -0.2) is 12.9 Å². The number of aromatic nitrogens is 1. The first-order valence-electron chi connectivity index (χ1n) is 5.58. The number of pyridine rings is 1. The number of carbonyl (C=O) groups is 1. The number of fused-ring (bicyclic) bond motifs is 3. The molecule has 0 fully saturated rings. The molecule has 7 heteroatoms. The van der Waals surface area contributed by atoms with Gasteiger partial charge in [-0.05, 0) is 12.1 Å². The summed E-state index contributed by atoms with van der Waals surface area (Å²) in [5.41, 5.74) is 0.545. The lowest BCUT2D eigenvalue weighted by Gasteiger charge is -2.05. The molecule has 102 valence electrons. The fourth-order valence-electron chi connectivity index (χ4n) is 2.10. The summed E-state index contributed by atoms with van der Waals surface area (Å²) in [6.45, 7) is -3.02. The summed E-state index contributed by atoms with van der Waals surface area (Å²) in [7, 11) is 0. The van der Waals surface area contributed by atoms with Crippen molar-refractivity contribution in [3.8, 4) is 5.75 Å². The molecule has 0 saturated carbocycles. The van der Waals surface area contributed by atoms with Gasteiger partial charge in [0.15, 0.2) is 30.0 Å². The molecule has 0 bridgehead atoms. The van der Waals surface area contributed by atoms with Gasteiger partial charge in [-0.2, -0.15) is 13.5 Å². The second-order valence-corrected chi connectivity index (χ2v) is 4.04. The van der Waals surface area contributed by atoms with E-state index in [2.05, 4.69) is 4.74 Å². The van der Waals surface area contributed by atoms with E-state index in [1.165, 1.54) is 30.6 Å². The van der Waals surface area contributed by atoms with Crippen molar-refractivity contribution >= 4 is 28.2 Å². The van der Waals surface area contributed by atoms with E-state index in [0.717, 1.165) is 0 Å². The standard InChI is InChI=1S/C13H7F2NO4/c14-13(15)20-10-2-1-7(6-17)11-8-5-16(18)4-3-9(8)19-12(10)11/h1-6,13H. The Kier molecular flexibility index (Phi) is 2.74. The molecule has 3 rings (SSSR count). The number of alkyl halides is 2. The van der Waals surface area contributed by atoms with Gasteiger partial charge in [-0.25, -0.2) is 0 Å². The Balaban J connectivity index is 2.41. The molecule has 0 atom stereocenters. The van der Waals surface area contributed by atoms with E-state index in [1.54, 1.807) is 0 Å². The molecule has 0 N–H and O–H groups in total. The van der Waals surface area contributed by atoms with Crippen LogP contribution in [-0.2, 0) is 0 Å². The summed E-state index contributed by atoms with van der Waals surface area (Å²) in [5.74, 6) is -0.186. The van der Waals surface area contributed by atoms with E-state index in [4.69, 9.17) is 4.42 Å². The van der Waals surface area contributed by atoms with Gasteiger partial charge >= 0.3 is 6.61 Å². The molecule has 3 aromatic rings. The Morgan fingerprint density at radius 1 is 1.35 bits per heavy atom. The quantitative estimate of drug-likeness (QED) is 0.420. The lowest BCUT2D eigenvalue weighted by atomic mass is 10.1. The topological polar surface area (TPSA) is 66.4 Å². The Hall–Kier alpha value is -2.70. The Morgan fingerprint density at radius 3 is 2.85 bits per heavy atom. The number of hydrogen-bond donors (Lipinski definition) is 0. The highest BCUT2D eigenvalue weighted by molar-refractivity contribution is 6.13. The van der Waals surface area contributed by atoms with E-state index in [9.17, 15) is 18.8 Å². The van der Waals surface area contributed by atoms with Gasteiger partial charge in [0.25, 0.3) is 0 Å². The summed E-state index contributed by atoms with van der Waals surface area (Å²) in [6.07, 6.45) is 2.98. The molecule has 5 nitrogen and oxygen atoms in total. The minimum Gasteiger partial charge on any atom is -0.619 e. The molecule has 2 heterocycles. The summed E-state index contributed by atoms with van der Waals surface area (Å²) < 4.78 is 35.0. The van der Waals surface area contributed by atoms with Crippen molar-refractivity contribution in [3.05, 3.63) is 41.4 Å². The summed E-state index contributed by atoms with van der Waals surface area (Å²) in [5, 5.41) is 12.0. The van der Waals surface area contributed by atoms with Crippen LogP contribution < -0.4 is 9.47 Å². The van der Waals surface area contributed by atoms with Crippen LogP contribution in [0, 0.1) is 5.21 Å². The third kappa shape index (κ3) is 1.83. The van der Waals surface area contributed by atoms with Gasteiger partial charge in [0.1, 0.15) is 5.58 Å². The van der Waals surface area contributed by atoms with Crippen LogP contribution in [0.25, 0.3) is 21.9 Å². The van der Waals surface area contributed by atoms with Gasteiger partial charge in [-0.3, -0.25) is 4.79 Å². The number of benzene rings is 1. The number of carbonyl (C=O) groups excluding carboxylic acids is 1. The molecule has 20 heavy (non-hydrogen) atoms. The molecule has 0 aliphatic rings.